The monoisotopic (exact) mass is 439 g/mol. The molecule has 0 bridgehead atoms. The number of anilines is 1. The van der Waals surface area contributed by atoms with Crippen LogP contribution in [0.25, 0.3) is 0 Å². The predicted molar refractivity (Wildman–Crippen MR) is 121 cm³/mol. The van der Waals surface area contributed by atoms with Crippen molar-refractivity contribution in [2.75, 3.05) is 25.0 Å². The Morgan fingerprint density at radius 3 is 2.31 bits per heavy atom. The van der Waals surface area contributed by atoms with E-state index in [0.29, 0.717) is 29.8 Å². The van der Waals surface area contributed by atoms with E-state index < -0.39 is 0 Å². The molecule has 1 aliphatic carbocycles. The van der Waals surface area contributed by atoms with Crippen molar-refractivity contribution in [1.29, 1.82) is 0 Å². The summed E-state index contributed by atoms with van der Waals surface area (Å²) in [5.41, 5.74) is 0.608. The average Bonchev–Trinajstić information content (AvgIpc) is 2.81. The second kappa shape index (κ2) is 10.6. The number of amides is 2. The van der Waals surface area contributed by atoms with Crippen LogP contribution in [0.3, 0.4) is 0 Å². The van der Waals surface area contributed by atoms with Gasteiger partial charge < -0.3 is 15.4 Å². The van der Waals surface area contributed by atoms with Crippen molar-refractivity contribution in [1.82, 2.24) is 10.2 Å². The first-order valence-corrected chi connectivity index (χ1v) is 11.4. The zero-order valence-corrected chi connectivity index (χ0v) is 18.2. The summed E-state index contributed by atoms with van der Waals surface area (Å²) in [6.07, 6.45) is 7.43. The van der Waals surface area contributed by atoms with Gasteiger partial charge in [-0.05, 0) is 86.7 Å². The number of fused-ring (bicyclic) bond motifs is 1. The Kier molecular flexibility index (Phi) is 7.37. The van der Waals surface area contributed by atoms with Gasteiger partial charge in [0.15, 0.2) is 0 Å². The quantitative estimate of drug-likeness (QED) is 0.674. The number of hydrogen-bond acceptors (Lipinski definition) is 4. The van der Waals surface area contributed by atoms with Gasteiger partial charge in [0, 0.05) is 11.7 Å². The number of halogens is 1. The van der Waals surface area contributed by atoms with Crippen LogP contribution in [0, 0.1) is 11.7 Å². The van der Waals surface area contributed by atoms with Gasteiger partial charge in [-0.15, -0.1) is 0 Å². The largest absolute Gasteiger partial charge is 0.457 e. The maximum absolute atomic E-state index is 13.0. The maximum atomic E-state index is 13.0. The Hall–Kier alpha value is -2.93. The molecule has 0 radical (unpaired) electrons. The molecule has 2 aliphatic rings. The van der Waals surface area contributed by atoms with Crippen molar-refractivity contribution in [3.63, 3.8) is 0 Å². The first kappa shape index (κ1) is 22.3. The minimum atomic E-state index is -0.323. The van der Waals surface area contributed by atoms with Crippen molar-refractivity contribution in [3.05, 3.63) is 54.3 Å². The second-order valence-electron chi connectivity index (χ2n) is 8.63. The summed E-state index contributed by atoms with van der Waals surface area (Å²) in [5.74, 6) is 1.12. The molecule has 1 saturated heterocycles. The molecule has 2 amide bonds. The number of benzene rings is 2. The zero-order valence-electron chi connectivity index (χ0n) is 18.2. The maximum Gasteiger partial charge on any atom is 0.243 e. The lowest BCUT2D eigenvalue weighted by atomic mass is 9.78. The van der Waals surface area contributed by atoms with E-state index in [9.17, 15) is 14.0 Å². The number of ether oxygens (including phenoxy) is 1. The highest BCUT2D eigenvalue weighted by Gasteiger charge is 2.33. The van der Waals surface area contributed by atoms with Crippen LogP contribution in [0.15, 0.2) is 48.5 Å². The third-order valence-electron chi connectivity index (χ3n) is 6.34. The summed E-state index contributed by atoms with van der Waals surface area (Å²) in [6.45, 7) is 1.27. The highest BCUT2D eigenvalue weighted by Crippen LogP contribution is 2.35. The number of carbonyl (C=O) groups is 2. The van der Waals surface area contributed by atoms with Crippen LogP contribution in [0.4, 0.5) is 10.1 Å². The van der Waals surface area contributed by atoms with Crippen molar-refractivity contribution in [2.45, 2.75) is 44.6 Å². The van der Waals surface area contributed by atoms with Crippen LogP contribution in [-0.2, 0) is 9.59 Å². The summed E-state index contributed by atoms with van der Waals surface area (Å²) in [4.78, 5) is 27.0. The lowest BCUT2D eigenvalue weighted by molar-refractivity contribution is -0.126. The fourth-order valence-electron chi connectivity index (χ4n) is 4.79. The Morgan fingerprint density at radius 2 is 1.56 bits per heavy atom. The first-order valence-electron chi connectivity index (χ1n) is 11.4. The molecule has 1 saturated carbocycles. The molecule has 2 atom stereocenters. The Morgan fingerprint density at radius 1 is 0.906 bits per heavy atom. The molecule has 0 spiro atoms. The molecule has 2 fully saturated rings. The van der Waals surface area contributed by atoms with Gasteiger partial charge in [0.1, 0.15) is 17.3 Å². The van der Waals surface area contributed by atoms with E-state index in [1.807, 2.05) is 0 Å². The summed E-state index contributed by atoms with van der Waals surface area (Å²) in [5, 5.41) is 5.52. The van der Waals surface area contributed by atoms with Gasteiger partial charge in [-0.2, -0.15) is 0 Å². The fraction of sp³-hybridized carbons (Fsp3) is 0.440. The topological polar surface area (TPSA) is 70.7 Å². The van der Waals surface area contributed by atoms with Crippen molar-refractivity contribution < 1.29 is 18.7 Å². The zero-order chi connectivity index (χ0) is 22.3. The fourth-order valence-corrected chi connectivity index (χ4v) is 4.79. The van der Waals surface area contributed by atoms with Crippen LogP contribution >= 0.6 is 0 Å². The molecule has 4 rings (SSSR count). The molecule has 1 aliphatic heterocycles. The number of nitrogens with zero attached hydrogens (tertiary/aromatic N) is 1. The van der Waals surface area contributed by atoms with Crippen LogP contribution in [0.2, 0.25) is 0 Å². The molecule has 2 N–H and O–H groups in total. The number of rotatable bonds is 7. The lowest BCUT2D eigenvalue weighted by Gasteiger charge is -2.43. The van der Waals surface area contributed by atoms with Gasteiger partial charge in [0.25, 0.3) is 0 Å². The van der Waals surface area contributed by atoms with Crippen molar-refractivity contribution >= 4 is 17.5 Å². The van der Waals surface area contributed by atoms with Crippen LogP contribution in [0.5, 0.6) is 11.5 Å². The van der Waals surface area contributed by atoms with Gasteiger partial charge in [0.2, 0.25) is 11.8 Å². The van der Waals surface area contributed by atoms with E-state index in [-0.39, 0.29) is 24.2 Å². The molecule has 32 heavy (non-hydrogen) atoms. The van der Waals surface area contributed by atoms with E-state index >= 15 is 0 Å². The molecule has 170 valence electrons. The Bertz CT molecular complexity index is 915. The summed E-state index contributed by atoms with van der Waals surface area (Å²) >= 11 is 0. The van der Waals surface area contributed by atoms with E-state index in [2.05, 4.69) is 15.5 Å². The van der Waals surface area contributed by atoms with E-state index in [0.717, 1.165) is 18.9 Å². The van der Waals surface area contributed by atoms with E-state index in [1.165, 1.54) is 44.2 Å². The lowest BCUT2D eigenvalue weighted by Crippen LogP contribution is -2.51. The third kappa shape index (κ3) is 6.07. The summed E-state index contributed by atoms with van der Waals surface area (Å²) in [7, 11) is 0. The van der Waals surface area contributed by atoms with Gasteiger partial charge in [-0.3, -0.25) is 14.5 Å². The Labute approximate surface area is 188 Å². The Balaban J connectivity index is 1.20. The normalized spacial score (nSPS) is 20.8. The van der Waals surface area contributed by atoms with Crippen molar-refractivity contribution in [3.8, 4) is 11.5 Å². The third-order valence-corrected chi connectivity index (χ3v) is 6.34. The molecular formula is C25H30FN3O3. The van der Waals surface area contributed by atoms with E-state index in [4.69, 9.17) is 4.74 Å². The van der Waals surface area contributed by atoms with Crippen molar-refractivity contribution in [2.24, 2.45) is 5.92 Å². The molecule has 2 aromatic carbocycles. The highest BCUT2D eigenvalue weighted by molar-refractivity contribution is 5.94. The molecule has 2 aromatic rings. The summed E-state index contributed by atoms with van der Waals surface area (Å²) < 4.78 is 18.6. The minimum absolute atomic E-state index is 0.0609. The number of nitrogens with one attached hydrogen (secondary N) is 2. The van der Waals surface area contributed by atoms with Crippen LogP contribution in [-0.4, -0.2) is 42.4 Å². The molecule has 0 aromatic heterocycles. The number of likely N-dealkylation sites (tertiary alicyclic amines) is 1. The molecule has 7 heteroatoms. The average molecular weight is 440 g/mol. The molecule has 6 nitrogen and oxygen atoms in total. The van der Waals surface area contributed by atoms with Gasteiger partial charge in [-0.25, -0.2) is 4.39 Å². The number of hydrogen-bond donors (Lipinski definition) is 2. The summed E-state index contributed by atoms with van der Waals surface area (Å²) in [6, 6.07) is 13.1. The van der Waals surface area contributed by atoms with Gasteiger partial charge >= 0.3 is 0 Å². The number of carbonyl (C=O) groups excluding carboxylic acids is 2. The van der Waals surface area contributed by atoms with E-state index in [1.54, 1.807) is 36.4 Å². The second-order valence-corrected chi connectivity index (χ2v) is 8.63. The molecular weight excluding hydrogens is 409 g/mol. The highest BCUT2D eigenvalue weighted by atomic mass is 19.1. The first-order chi connectivity index (χ1) is 15.6. The molecule has 2 unspecified atom stereocenters. The van der Waals surface area contributed by atoms with Gasteiger partial charge in [0.05, 0.1) is 13.1 Å². The predicted octanol–water partition coefficient (Wildman–Crippen LogP) is 4.33. The smallest absolute Gasteiger partial charge is 0.243 e. The minimum Gasteiger partial charge on any atom is -0.457 e. The SMILES string of the molecule is O=C(CN1CCCC2CCCCC21)NCC(=O)Nc1ccc(Oc2ccc(F)cc2)cc1. The standard InChI is InChI=1S/C25H30FN3O3/c26-19-7-11-21(12-8-19)32-22-13-9-20(10-14-22)28-24(30)16-27-25(31)17-29-15-3-5-18-4-1-2-6-23(18)29/h7-14,18,23H,1-6,15-17H2,(H,27,31)(H,28,30). The molecule has 1 heterocycles. The number of piperidine rings is 1. The van der Waals surface area contributed by atoms with Crippen LogP contribution in [0.1, 0.15) is 38.5 Å². The van der Waals surface area contributed by atoms with Crippen LogP contribution < -0.4 is 15.4 Å². The van der Waals surface area contributed by atoms with Gasteiger partial charge in [-0.1, -0.05) is 12.8 Å².